The van der Waals surface area contributed by atoms with E-state index in [0.717, 1.165) is 5.69 Å². The van der Waals surface area contributed by atoms with Gasteiger partial charge in [0, 0.05) is 5.69 Å². The van der Waals surface area contributed by atoms with Crippen LogP contribution in [-0.4, -0.2) is 23.7 Å². The minimum absolute atomic E-state index is 0.0891. The Hall–Kier alpha value is -0.610. The van der Waals surface area contributed by atoms with E-state index in [1.165, 1.54) is 0 Å². The number of benzene rings is 1. The predicted molar refractivity (Wildman–Crippen MR) is 76.2 cm³/mol. The number of nitrogens with zero attached hydrogens (tertiary/aromatic N) is 1. The summed E-state index contributed by atoms with van der Waals surface area (Å²) >= 11 is 3.95. The van der Waals surface area contributed by atoms with E-state index in [1.54, 1.807) is 4.90 Å². The molecule has 0 N–H and O–H groups in total. The molecule has 0 aromatic heterocycles. The zero-order valence-corrected chi connectivity index (χ0v) is 12.1. The summed E-state index contributed by atoms with van der Waals surface area (Å²) < 4.78 is 11.3. The van der Waals surface area contributed by atoms with Crippen molar-refractivity contribution in [2.75, 3.05) is 11.5 Å². The fourth-order valence-electron chi connectivity index (χ4n) is 1.78. The molecule has 18 heavy (non-hydrogen) atoms. The number of thiol groups is 1. The molecule has 98 valence electrons. The van der Waals surface area contributed by atoms with Gasteiger partial charge in [-0.05, 0) is 26.0 Å². The maximum Gasteiger partial charge on any atom is 0.283 e. The van der Waals surface area contributed by atoms with Gasteiger partial charge >= 0.3 is 0 Å². The van der Waals surface area contributed by atoms with Crippen molar-refractivity contribution >= 4 is 31.9 Å². The predicted octanol–water partition coefficient (Wildman–Crippen LogP) is 3.64. The van der Waals surface area contributed by atoms with Gasteiger partial charge in [-0.1, -0.05) is 30.8 Å². The lowest BCUT2D eigenvalue weighted by Crippen LogP contribution is -2.34. The summed E-state index contributed by atoms with van der Waals surface area (Å²) in [6.07, 6.45) is 0.0891. The summed E-state index contributed by atoms with van der Waals surface area (Å²) in [6, 6.07) is 9.43. The van der Waals surface area contributed by atoms with E-state index in [-0.39, 0.29) is 17.1 Å². The van der Waals surface area contributed by atoms with E-state index in [1.807, 2.05) is 44.2 Å². The highest BCUT2D eigenvalue weighted by Gasteiger charge is 2.34. The molecule has 1 aromatic carbocycles. The van der Waals surface area contributed by atoms with Gasteiger partial charge in [-0.2, -0.15) is 0 Å². The smallest absolute Gasteiger partial charge is 0.283 e. The molecule has 1 fully saturated rings. The molecular formula is C12H16NO3PS. The maximum atomic E-state index is 11.7. The van der Waals surface area contributed by atoms with Crippen molar-refractivity contribution in [2.24, 2.45) is 0 Å². The Morgan fingerprint density at radius 1 is 1.50 bits per heavy atom. The van der Waals surface area contributed by atoms with Gasteiger partial charge in [0.2, 0.25) is 0 Å². The Morgan fingerprint density at radius 2 is 2.17 bits per heavy atom. The van der Waals surface area contributed by atoms with Crippen LogP contribution in [-0.2, 0) is 9.05 Å². The number of hydrogen-bond donors (Lipinski definition) is 1. The minimum Gasteiger partial charge on any atom is -0.330 e. The average molecular weight is 285 g/mol. The Balaban J connectivity index is 2.18. The molecule has 2 rings (SSSR count). The molecule has 1 heterocycles. The van der Waals surface area contributed by atoms with E-state index in [0.29, 0.717) is 6.61 Å². The molecular weight excluding hydrogens is 269 g/mol. The van der Waals surface area contributed by atoms with E-state index < -0.39 is 8.38 Å². The van der Waals surface area contributed by atoms with E-state index in [4.69, 9.17) is 9.05 Å². The summed E-state index contributed by atoms with van der Waals surface area (Å²) in [5.41, 5.74) is 0.805. The molecule has 6 heteroatoms. The molecule has 1 amide bonds. The first-order chi connectivity index (χ1) is 8.59. The van der Waals surface area contributed by atoms with Gasteiger partial charge in [-0.3, -0.25) is 9.69 Å². The summed E-state index contributed by atoms with van der Waals surface area (Å²) in [7, 11) is -1.08. The monoisotopic (exact) mass is 285 g/mol. The summed E-state index contributed by atoms with van der Waals surface area (Å²) in [5, 5.41) is -0.303. The summed E-state index contributed by atoms with van der Waals surface area (Å²) in [5.74, 6) is -0.155. The van der Waals surface area contributed by atoms with Gasteiger partial charge in [0.1, 0.15) is 5.78 Å². The molecule has 1 aromatic rings. The third kappa shape index (κ3) is 3.04. The fourth-order valence-corrected chi connectivity index (χ4v) is 3.81. The van der Waals surface area contributed by atoms with E-state index in [2.05, 4.69) is 12.6 Å². The van der Waals surface area contributed by atoms with Gasteiger partial charge < -0.3 is 9.05 Å². The highest BCUT2D eigenvalue weighted by atomic mass is 32.1. The molecule has 3 atom stereocenters. The molecule has 4 nitrogen and oxygen atoms in total. The molecule has 0 bridgehead atoms. The molecule has 0 radical (unpaired) electrons. The quantitative estimate of drug-likeness (QED) is 0.680. The molecule has 1 aliphatic rings. The van der Waals surface area contributed by atoms with Crippen molar-refractivity contribution in [3.8, 4) is 0 Å². The molecule has 0 aliphatic carbocycles. The van der Waals surface area contributed by atoms with E-state index in [9.17, 15) is 4.79 Å². The van der Waals surface area contributed by atoms with Gasteiger partial charge in [0.15, 0.2) is 8.38 Å². The standard InChI is InChI=1S/C12H16NO3PS/c1-9-8-15-17(16-9)10(2)13(12(14)18)11-6-4-3-5-7-11/h3-7,9-10H,8H2,1-2H3,(H,14,18). The van der Waals surface area contributed by atoms with Crippen molar-refractivity contribution in [3.63, 3.8) is 0 Å². The largest absolute Gasteiger partial charge is 0.330 e. The van der Waals surface area contributed by atoms with Gasteiger partial charge in [-0.15, -0.1) is 0 Å². The lowest BCUT2D eigenvalue weighted by Gasteiger charge is -2.29. The van der Waals surface area contributed by atoms with Crippen molar-refractivity contribution in [1.82, 2.24) is 0 Å². The molecule has 3 unspecified atom stereocenters. The zero-order valence-electron chi connectivity index (χ0n) is 10.3. The maximum absolute atomic E-state index is 11.7. The number of anilines is 1. The Bertz CT molecular complexity index is 417. The van der Waals surface area contributed by atoms with Crippen LogP contribution in [0.3, 0.4) is 0 Å². The van der Waals surface area contributed by atoms with Gasteiger partial charge in [-0.25, -0.2) is 0 Å². The van der Waals surface area contributed by atoms with Crippen LogP contribution in [0.5, 0.6) is 0 Å². The first-order valence-corrected chi connectivity index (χ1v) is 7.45. The first kappa shape index (κ1) is 13.8. The second kappa shape index (κ2) is 6.02. The Kier molecular flexibility index (Phi) is 4.62. The number of carbonyl (C=O) groups is 1. The third-order valence-corrected chi connectivity index (χ3v) is 4.67. The van der Waals surface area contributed by atoms with Crippen LogP contribution in [0.4, 0.5) is 10.5 Å². The van der Waals surface area contributed by atoms with Crippen LogP contribution in [0.15, 0.2) is 30.3 Å². The summed E-state index contributed by atoms with van der Waals surface area (Å²) in [4.78, 5) is 13.3. The Labute approximate surface area is 114 Å². The third-order valence-electron chi connectivity index (χ3n) is 2.64. The van der Waals surface area contributed by atoms with Crippen LogP contribution in [0.2, 0.25) is 0 Å². The molecule has 0 saturated carbocycles. The van der Waals surface area contributed by atoms with Crippen LogP contribution in [0, 0.1) is 0 Å². The molecule has 1 aliphatic heterocycles. The van der Waals surface area contributed by atoms with Crippen LogP contribution in [0.1, 0.15) is 13.8 Å². The number of amides is 1. The van der Waals surface area contributed by atoms with Crippen molar-refractivity contribution in [3.05, 3.63) is 30.3 Å². The molecule has 1 saturated heterocycles. The zero-order chi connectivity index (χ0) is 13.1. The first-order valence-electron chi connectivity index (χ1n) is 5.75. The number of para-hydroxylation sites is 1. The average Bonchev–Trinajstić information content (AvgIpc) is 2.77. The number of hydrogen-bond acceptors (Lipinski definition) is 3. The minimum atomic E-state index is -1.08. The highest BCUT2D eigenvalue weighted by Crippen LogP contribution is 2.51. The SMILES string of the molecule is CC1COP(C(C)N(C(=O)S)c2ccccc2)O1. The van der Waals surface area contributed by atoms with Crippen LogP contribution < -0.4 is 4.90 Å². The van der Waals surface area contributed by atoms with Crippen LogP contribution >= 0.6 is 21.0 Å². The second-order valence-corrected chi connectivity index (χ2v) is 6.29. The van der Waals surface area contributed by atoms with Crippen molar-refractivity contribution < 1.29 is 13.8 Å². The lowest BCUT2D eigenvalue weighted by molar-refractivity contribution is 0.260. The van der Waals surface area contributed by atoms with Crippen molar-refractivity contribution in [2.45, 2.75) is 25.7 Å². The van der Waals surface area contributed by atoms with E-state index >= 15 is 0 Å². The lowest BCUT2D eigenvalue weighted by atomic mass is 10.3. The van der Waals surface area contributed by atoms with Crippen LogP contribution in [0.25, 0.3) is 0 Å². The Morgan fingerprint density at radius 3 is 2.67 bits per heavy atom. The fraction of sp³-hybridized carbons (Fsp3) is 0.417. The van der Waals surface area contributed by atoms with Crippen molar-refractivity contribution in [1.29, 1.82) is 0 Å². The molecule has 0 spiro atoms. The topological polar surface area (TPSA) is 38.8 Å². The van der Waals surface area contributed by atoms with Gasteiger partial charge in [0.25, 0.3) is 5.24 Å². The number of carbonyl (C=O) groups excluding carboxylic acids is 1. The highest BCUT2D eigenvalue weighted by molar-refractivity contribution is 7.97. The summed E-state index contributed by atoms with van der Waals surface area (Å²) in [6.45, 7) is 4.47. The number of rotatable bonds is 3. The second-order valence-electron chi connectivity index (χ2n) is 4.12. The normalized spacial score (nSPS) is 24.8. The van der Waals surface area contributed by atoms with Gasteiger partial charge in [0.05, 0.1) is 12.7 Å².